The van der Waals surface area contributed by atoms with Crippen molar-refractivity contribution in [3.05, 3.63) is 48.0 Å². The van der Waals surface area contributed by atoms with Gasteiger partial charge in [0.15, 0.2) is 12.4 Å². The average Bonchev–Trinajstić information content (AvgIpc) is 2.77. The van der Waals surface area contributed by atoms with E-state index < -0.39 is 12.4 Å². The molecule has 17 heavy (non-hydrogen) atoms. The van der Waals surface area contributed by atoms with Gasteiger partial charge in [0.1, 0.15) is 6.10 Å². The number of hydrogen-bond donors (Lipinski definition) is 0. The Hall–Kier alpha value is -1.65. The number of hydrogen-bond acceptors (Lipinski definition) is 4. The van der Waals surface area contributed by atoms with Crippen LogP contribution in [-0.4, -0.2) is 31.1 Å². The van der Waals surface area contributed by atoms with Gasteiger partial charge in [-0.15, -0.1) is 0 Å². The van der Waals surface area contributed by atoms with Crippen LogP contribution < -0.4 is 0 Å². The molecule has 1 aromatic rings. The van der Waals surface area contributed by atoms with Gasteiger partial charge in [-0.05, 0) is 18.2 Å². The maximum Gasteiger partial charge on any atom is 0.338 e. The standard InChI is InChI=1S/C13H12O4/c14-12(9-4-2-1-3-5-9)17-11-7-6-10-8-15-13(11)16-10/h1-7,10-11,13H,8H2/t10-,11-,13+/m0/s1. The van der Waals surface area contributed by atoms with Gasteiger partial charge in [-0.3, -0.25) is 0 Å². The number of fused-ring (bicyclic) bond motifs is 2. The molecule has 2 aliphatic heterocycles. The molecule has 0 spiro atoms. The second-order valence-electron chi connectivity index (χ2n) is 4.00. The Labute approximate surface area is 98.8 Å². The van der Waals surface area contributed by atoms with Crippen LogP contribution >= 0.6 is 0 Å². The van der Waals surface area contributed by atoms with Crippen molar-refractivity contribution in [2.24, 2.45) is 0 Å². The van der Waals surface area contributed by atoms with Gasteiger partial charge < -0.3 is 14.2 Å². The summed E-state index contributed by atoms with van der Waals surface area (Å²) in [5, 5.41) is 0. The molecule has 4 nitrogen and oxygen atoms in total. The second kappa shape index (κ2) is 4.31. The van der Waals surface area contributed by atoms with E-state index in [4.69, 9.17) is 14.2 Å². The van der Waals surface area contributed by atoms with Crippen LogP contribution in [0.4, 0.5) is 0 Å². The SMILES string of the molecule is O=C(O[C@H]1C=C[C@H]2CO[C@@H]1O2)c1ccccc1. The molecule has 0 radical (unpaired) electrons. The summed E-state index contributed by atoms with van der Waals surface area (Å²) in [7, 11) is 0. The first kappa shape index (κ1) is 10.5. The molecular formula is C13H12O4. The van der Waals surface area contributed by atoms with Crippen LogP contribution in [0.25, 0.3) is 0 Å². The maximum atomic E-state index is 11.8. The maximum absolute atomic E-state index is 11.8. The lowest BCUT2D eigenvalue weighted by molar-refractivity contribution is -0.119. The first-order valence-corrected chi connectivity index (χ1v) is 5.54. The Morgan fingerprint density at radius 1 is 1.24 bits per heavy atom. The van der Waals surface area contributed by atoms with E-state index >= 15 is 0 Å². The Morgan fingerprint density at radius 3 is 2.88 bits per heavy atom. The predicted octanol–water partition coefficient (Wildman–Crippen LogP) is 1.52. The topological polar surface area (TPSA) is 44.8 Å². The molecule has 0 unspecified atom stereocenters. The number of carbonyl (C=O) groups excluding carboxylic acids is 1. The third-order valence-electron chi connectivity index (χ3n) is 2.77. The van der Waals surface area contributed by atoms with E-state index in [9.17, 15) is 4.79 Å². The largest absolute Gasteiger partial charge is 0.449 e. The van der Waals surface area contributed by atoms with E-state index in [0.717, 1.165) is 0 Å². The first-order valence-electron chi connectivity index (χ1n) is 5.54. The lowest BCUT2D eigenvalue weighted by Crippen LogP contribution is -2.33. The van der Waals surface area contributed by atoms with E-state index in [2.05, 4.69) is 0 Å². The number of benzene rings is 1. The Balaban J connectivity index is 1.70. The summed E-state index contributed by atoms with van der Waals surface area (Å²) in [5.74, 6) is -0.363. The van der Waals surface area contributed by atoms with Gasteiger partial charge >= 0.3 is 5.97 Å². The molecule has 0 saturated carbocycles. The summed E-state index contributed by atoms with van der Waals surface area (Å²) in [6.45, 7) is 0.528. The summed E-state index contributed by atoms with van der Waals surface area (Å²) < 4.78 is 16.2. The van der Waals surface area contributed by atoms with Crippen molar-refractivity contribution < 1.29 is 19.0 Å². The average molecular weight is 232 g/mol. The van der Waals surface area contributed by atoms with Crippen LogP contribution in [0.5, 0.6) is 0 Å². The van der Waals surface area contributed by atoms with Gasteiger partial charge in [0.25, 0.3) is 0 Å². The van der Waals surface area contributed by atoms with E-state index in [1.165, 1.54) is 0 Å². The zero-order valence-electron chi connectivity index (χ0n) is 9.11. The number of rotatable bonds is 2. The fraction of sp³-hybridized carbons (Fsp3) is 0.308. The summed E-state index contributed by atoms with van der Waals surface area (Å²) in [6, 6.07) is 8.88. The van der Waals surface area contributed by atoms with Gasteiger partial charge in [0.2, 0.25) is 0 Å². The van der Waals surface area contributed by atoms with E-state index in [0.29, 0.717) is 12.2 Å². The van der Waals surface area contributed by atoms with Gasteiger partial charge in [0, 0.05) is 0 Å². The van der Waals surface area contributed by atoms with Crippen molar-refractivity contribution in [3.63, 3.8) is 0 Å². The Morgan fingerprint density at radius 2 is 2.06 bits per heavy atom. The van der Waals surface area contributed by atoms with Gasteiger partial charge in [0.05, 0.1) is 12.2 Å². The minimum absolute atomic E-state index is 0.00618. The van der Waals surface area contributed by atoms with Crippen molar-refractivity contribution in [1.29, 1.82) is 0 Å². The highest BCUT2D eigenvalue weighted by molar-refractivity contribution is 5.89. The van der Waals surface area contributed by atoms with Crippen molar-refractivity contribution in [1.82, 2.24) is 0 Å². The number of esters is 1. The summed E-state index contributed by atoms with van der Waals surface area (Å²) in [4.78, 5) is 11.8. The third kappa shape index (κ3) is 2.09. The molecule has 0 N–H and O–H groups in total. The molecule has 1 aromatic carbocycles. The van der Waals surface area contributed by atoms with E-state index in [-0.39, 0.29) is 12.1 Å². The molecule has 4 heteroatoms. The van der Waals surface area contributed by atoms with Crippen molar-refractivity contribution >= 4 is 5.97 Å². The van der Waals surface area contributed by atoms with Crippen molar-refractivity contribution in [2.75, 3.05) is 6.61 Å². The summed E-state index contributed by atoms with van der Waals surface area (Å²) in [6.07, 6.45) is 2.78. The van der Waals surface area contributed by atoms with Gasteiger partial charge in [-0.25, -0.2) is 4.79 Å². The third-order valence-corrected chi connectivity index (χ3v) is 2.77. The molecule has 2 bridgehead atoms. The zero-order valence-corrected chi connectivity index (χ0v) is 9.11. The minimum Gasteiger partial charge on any atom is -0.449 e. The zero-order chi connectivity index (χ0) is 11.7. The highest BCUT2D eigenvalue weighted by Gasteiger charge is 2.36. The smallest absolute Gasteiger partial charge is 0.338 e. The molecule has 3 atom stereocenters. The molecule has 1 fully saturated rings. The lowest BCUT2D eigenvalue weighted by Gasteiger charge is -2.22. The molecule has 0 amide bonds. The molecule has 2 aliphatic rings. The minimum atomic E-state index is -0.460. The predicted molar refractivity (Wildman–Crippen MR) is 59.4 cm³/mol. The Bertz CT molecular complexity index is 440. The van der Waals surface area contributed by atoms with Crippen LogP contribution in [0.15, 0.2) is 42.5 Å². The molecule has 2 heterocycles. The normalized spacial score (nSPS) is 30.2. The molecule has 1 saturated heterocycles. The van der Waals surface area contributed by atoms with Gasteiger partial charge in [-0.2, -0.15) is 0 Å². The van der Waals surface area contributed by atoms with Crippen molar-refractivity contribution in [2.45, 2.75) is 18.5 Å². The van der Waals surface area contributed by atoms with Crippen molar-refractivity contribution in [3.8, 4) is 0 Å². The first-order chi connectivity index (χ1) is 8.33. The summed E-state index contributed by atoms with van der Waals surface area (Å²) >= 11 is 0. The Kier molecular flexibility index (Phi) is 2.66. The van der Waals surface area contributed by atoms with Crippen LogP contribution in [0.1, 0.15) is 10.4 Å². The molecule has 88 valence electrons. The number of carbonyl (C=O) groups is 1. The molecule has 3 rings (SSSR count). The van der Waals surface area contributed by atoms with Crippen LogP contribution in [0.2, 0.25) is 0 Å². The highest BCUT2D eigenvalue weighted by atomic mass is 16.7. The fourth-order valence-electron chi connectivity index (χ4n) is 1.90. The van der Waals surface area contributed by atoms with Crippen LogP contribution in [0, 0.1) is 0 Å². The second-order valence-corrected chi connectivity index (χ2v) is 4.00. The highest BCUT2D eigenvalue weighted by Crippen LogP contribution is 2.24. The molecular weight excluding hydrogens is 220 g/mol. The number of ether oxygens (including phenoxy) is 3. The lowest BCUT2D eigenvalue weighted by atomic mass is 10.2. The fourth-order valence-corrected chi connectivity index (χ4v) is 1.90. The van der Waals surface area contributed by atoms with E-state index in [1.807, 2.05) is 18.2 Å². The van der Waals surface area contributed by atoms with Crippen LogP contribution in [0.3, 0.4) is 0 Å². The molecule has 0 aromatic heterocycles. The molecule has 0 aliphatic carbocycles. The quantitative estimate of drug-likeness (QED) is 0.573. The van der Waals surface area contributed by atoms with E-state index in [1.54, 1.807) is 24.3 Å². The van der Waals surface area contributed by atoms with Gasteiger partial charge in [-0.1, -0.05) is 24.3 Å². The van der Waals surface area contributed by atoms with Crippen LogP contribution in [-0.2, 0) is 14.2 Å². The monoisotopic (exact) mass is 232 g/mol. The summed E-state index contributed by atoms with van der Waals surface area (Å²) in [5.41, 5.74) is 0.529.